The summed E-state index contributed by atoms with van der Waals surface area (Å²) >= 11 is 4.83. The van der Waals surface area contributed by atoms with Gasteiger partial charge in [0.2, 0.25) is 0 Å². The monoisotopic (exact) mass is 326 g/mol. The lowest BCUT2D eigenvalue weighted by atomic mass is 10.1. The van der Waals surface area contributed by atoms with Crippen molar-refractivity contribution in [1.82, 2.24) is 19.9 Å². The first-order valence-corrected chi connectivity index (χ1v) is 7.52. The number of aromatic nitrogens is 3. The van der Waals surface area contributed by atoms with Crippen LogP contribution in [0.5, 0.6) is 0 Å². The molecule has 0 saturated heterocycles. The zero-order valence-electron chi connectivity index (χ0n) is 10.1. The van der Waals surface area contributed by atoms with Crippen LogP contribution < -0.4 is 5.32 Å². The number of hydrogen-bond donors (Lipinski definition) is 1. The second kappa shape index (κ2) is 6.92. The van der Waals surface area contributed by atoms with Crippen LogP contribution in [0, 0.1) is 0 Å². The van der Waals surface area contributed by atoms with Crippen LogP contribution in [0.1, 0.15) is 30.6 Å². The summed E-state index contributed by atoms with van der Waals surface area (Å²) in [6.07, 6.45) is 5.66. The Morgan fingerprint density at radius 2 is 2.33 bits per heavy atom. The Kier molecular flexibility index (Phi) is 5.22. The highest BCUT2D eigenvalue weighted by atomic mass is 79.9. The molecule has 0 amide bonds. The quantitative estimate of drug-likeness (QED) is 0.886. The van der Waals surface area contributed by atoms with Crippen LogP contribution >= 0.6 is 27.5 Å². The van der Waals surface area contributed by atoms with E-state index in [-0.39, 0.29) is 6.04 Å². The molecule has 6 heteroatoms. The van der Waals surface area contributed by atoms with Crippen molar-refractivity contribution in [3.8, 4) is 0 Å². The van der Waals surface area contributed by atoms with Gasteiger partial charge in [0, 0.05) is 22.2 Å². The normalized spacial score (nSPS) is 12.6. The summed E-state index contributed by atoms with van der Waals surface area (Å²) in [5, 5.41) is 9.66. The van der Waals surface area contributed by atoms with E-state index in [1.807, 2.05) is 11.6 Å². The molecule has 2 aromatic rings. The van der Waals surface area contributed by atoms with E-state index in [1.54, 1.807) is 6.20 Å². The van der Waals surface area contributed by atoms with E-state index in [0.29, 0.717) is 0 Å². The predicted octanol–water partition coefficient (Wildman–Crippen LogP) is 2.98. The van der Waals surface area contributed by atoms with Crippen molar-refractivity contribution in [2.75, 3.05) is 6.54 Å². The van der Waals surface area contributed by atoms with Gasteiger partial charge in [0.25, 0.3) is 0 Å². The molecule has 0 bridgehead atoms. The molecular weight excluding hydrogens is 312 g/mol. The summed E-state index contributed by atoms with van der Waals surface area (Å²) in [5.41, 5.74) is 2.19. The standard InChI is InChI=1S/C12H15BrN4S/c1-2-3-15-11(12-8-18-17-16-12)5-9-4-10(13)7-14-6-9/h4,6-8,11,15H,2-3,5H2,1H3. The molecule has 1 atom stereocenters. The average molecular weight is 327 g/mol. The van der Waals surface area contributed by atoms with Crippen molar-refractivity contribution < 1.29 is 0 Å². The van der Waals surface area contributed by atoms with Gasteiger partial charge in [0.1, 0.15) is 0 Å². The Morgan fingerprint density at radius 1 is 1.44 bits per heavy atom. The van der Waals surface area contributed by atoms with Gasteiger partial charge in [0.15, 0.2) is 0 Å². The van der Waals surface area contributed by atoms with Gasteiger partial charge in [0.05, 0.1) is 11.7 Å². The number of nitrogens with one attached hydrogen (secondary N) is 1. The first kappa shape index (κ1) is 13.6. The lowest BCUT2D eigenvalue weighted by Gasteiger charge is -2.15. The van der Waals surface area contributed by atoms with Crippen LogP contribution in [0.15, 0.2) is 28.3 Å². The minimum atomic E-state index is 0.208. The van der Waals surface area contributed by atoms with Crippen molar-refractivity contribution in [2.24, 2.45) is 0 Å². The zero-order valence-corrected chi connectivity index (χ0v) is 12.5. The fourth-order valence-corrected chi connectivity index (χ4v) is 2.65. The maximum absolute atomic E-state index is 4.19. The number of nitrogens with zero attached hydrogens (tertiary/aromatic N) is 3. The van der Waals surface area contributed by atoms with E-state index in [4.69, 9.17) is 0 Å². The molecule has 2 rings (SSSR count). The predicted molar refractivity (Wildman–Crippen MR) is 76.6 cm³/mol. The van der Waals surface area contributed by atoms with Crippen molar-refractivity contribution in [2.45, 2.75) is 25.8 Å². The molecule has 0 aliphatic carbocycles. The van der Waals surface area contributed by atoms with Crippen molar-refractivity contribution in [3.05, 3.63) is 39.6 Å². The third kappa shape index (κ3) is 3.83. The lowest BCUT2D eigenvalue weighted by molar-refractivity contribution is 0.516. The minimum absolute atomic E-state index is 0.208. The summed E-state index contributed by atoms with van der Waals surface area (Å²) in [7, 11) is 0. The van der Waals surface area contributed by atoms with Crippen LogP contribution in [0.4, 0.5) is 0 Å². The van der Waals surface area contributed by atoms with Gasteiger partial charge in [-0.3, -0.25) is 4.98 Å². The molecule has 0 spiro atoms. The number of hydrogen-bond acceptors (Lipinski definition) is 5. The Hall–Kier alpha value is -0.850. The van der Waals surface area contributed by atoms with Crippen molar-refractivity contribution in [1.29, 1.82) is 0 Å². The van der Waals surface area contributed by atoms with Gasteiger partial charge >= 0.3 is 0 Å². The molecule has 0 aromatic carbocycles. The second-order valence-corrected chi connectivity index (χ2v) is 5.58. The summed E-state index contributed by atoms with van der Waals surface area (Å²) in [5.74, 6) is 0. The summed E-state index contributed by atoms with van der Waals surface area (Å²) < 4.78 is 4.94. The second-order valence-electron chi connectivity index (χ2n) is 4.05. The molecule has 0 fully saturated rings. The fourth-order valence-electron chi connectivity index (χ4n) is 1.73. The van der Waals surface area contributed by atoms with Crippen LogP contribution in [-0.2, 0) is 6.42 Å². The molecular formula is C12H15BrN4S. The van der Waals surface area contributed by atoms with Gasteiger partial charge in [-0.15, -0.1) is 5.10 Å². The molecule has 4 nitrogen and oxygen atoms in total. The van der Waals surface area contributed by atoms with Crippen LogP contribution in [0.25, 0.3) is 0 Å². The fraction of sp³-hybridized carbons (Fsp3) is 0.417. The molecule has 96 valence electrons. The molecule has 2 aromatic heterocycles. The van der Waals surface area contributed by atoms with E-state index in [9.17, 15) is 0 Å². The number of pyridine rings is 1. The number of rotatable bonds is 6. The minimum Gasteiger partial charge on any atom is -0.308 e. The van der Waals surface area contributed by atoms with Gasteiger partial charge in [-0.05, 0) is 58.5 Å². The van der Waals surface area contributed by atoms with Crippen LogP contribution in [-0.4, -0.2) is 21.1 Å². The van der Waals surface area contributed by atoms with Gasteiger partial charge in [-0.25, -0.2) is 0 Å². The summed E-state index contributed by atoms with van der Waals surface area (Å²) in [4.78, 5) is 4.19. The largest absolute Gasteiger partial charge is 0.308 e. The average Bonchev–Trinajstić information content (AvgIpc) is 2.88. The van der Waals surface area contributed by atoms with E-state index in [2.05, 4.69) is 48.8 Å². The lowest BCUT2D eigenvalue weighted by Crippen LogP contribution is -2.24. The molecule has 1 N–H and O–H groups in total. The Balaban J connectivity index is 2.10. The van der Waals surface area contributed by atoms with E-state index >= 15 is 0 Å². The smallest absolute Gasteiger partial charge is 0.0928 e. The molecule has 0 aliphatic heterocycles. The maximum Gasteiger partial charge on any atom is 0.0928 e. The SMILES string of the molecule is CCCNC(Cc1cncc(Br)c1)c1csnn1. The molecule has 1 unspecified atom stereocenters. The van der Waals surface area contributed by atoms with Gasteiger partial charge in [-0.1, -0.05) is 11.4 Å². The topological polar surface area (TPSA) is 50.7 Å². The van der Waals surface area contributed by atoms with Crippen molar-refractivity contribution in [3.63, 3.8) is 0 Å². The first-order valence-electron chi connectivity index (χ1n) is 5.89. The van der Waals surface area contributed by atoms with E-state index < -0.39 is 0 Å². The van der Waals surface area contributed by atoms with Crippen LogP contribution in [0.2, 0.25) is 0 Å². The maximum atomic E-state index is 4.19. The number of halogens is 1. The highest BCUT2D eigenvalue weighted by Gasteiger charge is 2.14. The Labute approximate surface area is 119 Å². The van der Waals surface area contributed by atoms with E-state index in [0.717, 1.165) is 29.6 Å². The Bertz CT molecular complexity index is 475. The molecule has 0 saturated carbocycles. The molecule has 18 heavy (non-hydrogen) atoms. The van der Waals surface area contributed by atoms with Gasteiger partial charge < -0.3 is 5.32 Å². The third-order valence-corrected chi connectivity index (χ3v) is 3.53. The van der Waals surface area contributed by atoms with Gasteiger partial charge in [-0.2, -0.15) is 0 Å². The third-order valence-electron chi connectivity index (χ3n) is 2.58. The highest BCUT2D eigenvalue weighted by Crippen LogP contribution is 2.19. The first-order chi connectivity index (χ1) is 8.79. The summed E-state index contributed by atoms with van der Waals surface area (Å²) in [6, 6.07) is 2.30. The van der Waals surface area contributed by atoms with Crippen LogP contribution in [0.3, 0.4) is 0 Å². The molecule has 0 radical (unpaired) electrons. The summed E-state index contributed by atoms with van der Waals surface area (Å²) in [6.45, 7) is 3.13. The van der Waals surface area contributed by atoms with Crippen molar-refractivity contribution >= 4 is 27.5 Å². The van der Waals surface area contributed by atoms with E-state index in [1.165, 1.54) is 17.1 Å². The highest BCUT2D eigenvalue weighted by molar-refractivity contribution is 9.10. The molecule has 2 heterocycles. The Morgan fingerprint density at radius 3 is 3.00 bits per heavy atom. The zero-order chi connectivity index (χ0) is 12.8. The molecule has 0 aliphatic rings.